The molecule has 0 saturated heterocycles. The number of nitrogens with zero attached hydrogens (tertiary/aromatic N) is 1. The van der Waals surface area contributed by atoms with Crippen molar-refractivity contribution in [2.45, 2.75) is 26.4 Å². The first-order chi connectivity index (χ1) is 8.26. The number of nitrogens with two attached hydrogens (primary N) is 1. The second kappa shape index (κ2) is 3.86. The van der Waals surface area contributed by atoms with Gasteiger partial charge >= 0.3 is 5.97 Å². The average molecular weight is 250 g/mol. The van der Waals surface area contributed by atoms with Crippen molar-refractivity contribution in [1.29, 1.82) is 0 Å². The van der Waals surface area contributed by atoms with Gasteiger partial charge in [0.25, 0.3) is 5.56 Å². The summed E-state index contributed by atoms with van der Waals surface area (Å²) in [6.45, 7) is 5.28. The van der Waals surface area contributed by atoms with Crippen LogP contribution in [0.5, 0.6) is 0 Å². The van der Waals surface area contributed by atoms with E-state index in [0.29, 0.717) is 0 Å². The maximum absolute atomic E-state index is 11.8. The number of nitrogens with one attached hydrogen (secondary N) is 2. The minimum Gasteiger partial charge on any atom is -0.455 e. The lowest BCUT2D eigenvalue weighted by molar-refractivity contribution is 0.00638. The summed E-state index contributed by atoms with van der Waals surface area (Å²) in [6.07, 6.45) is 0. The fourth-order valence-corrected chi connectivity index (χ4v) is 1.48. The normalized spacial score (nSPS) is 11.7. The third kappa shape index (κ3) is 2.34. The van der Waals surface area contributed by atoms with Crippen molar-refractivity contribution in [2.24, 2.45) is 0 Å². The third-order valence-corrected chi connectivity index (χ3v) is 2.13. The SMILES string of the molecule is CC(C)(C)OC(=O)c1cc2c(=O)[nH]c(N)nc2[nH]1. The smallest absolute Gasteiger partial charge is 0.355 e. The molecule has 0 fully saturated rings. The van der Waals surface area contributed by atoms with Crippen molar-refractivity contribution in [3.8, 4) is 0 Å². The van der Waals surface area contributed by atoms with E-state index in [0.717, 1.165) is 0 Å². The molecule has 0 unspecified atom stereocenters. The first-order valence-electron chi connectivity index (χ1n) is 5.38. The van der Waals surface area contributed by atoms with E-state index in [9.17, 15) is 9.59 Å². The van der Waals surface area contributed by atoms with Crippen molar-refractivity contribution < 1.29 is 9.53 Å². The van der Waals surface area contributed by atoms with E-state index in [2.05, 4.69) is 15.0 Å². The van der Waals surface area contributed by atoms with Gasteiger partial charge in [0, 0.05) is 0 Å². The van der Waals surface area contributed by atoms with E-state index in [4.69, 9.17) is 10.5 Å². The van der Waals surface area contributed by atoms with Crippen molar-refractivity contribution in [1.82, 2.24) is 15.0 Å². The molecule has 0 aliphatic carbocycles. The van der Waals surface area contributed by atoms with Crippen LogP contribution in [0.3, 0.4) is 0 Å². The summed E-state index contributed by atoms with van der Waals surface area (Å²) in [5.41, 5.74) is 4.84. The van der Waals surface area contributed by atoms with Crippen LogP contribution in [0.4, 0.5) is 5.95 Å². The standard InChI is InChI=1S/C11H14N4O3/c1-11(2,3)18-9(17)6-4-5-7(13-6)14-10(12)15-8(5)16/h4H,1-3H3,(H4,12,13,14,15,16). The first-order valence-corrected chi connectivity index (χ1v) is 5.38. The Kier molecular flexibility index (Phi) is 2.61. The van der Waals surface area contributed by atoms with Gasteiger partial charge in [0.1, 0.15) is 16.9 Å². The summed E-state index contributed by atoms with van der Waals surface area (Å²) in [5.74, 6) is -0.552. The number of H-pyrrole nitrogens is 2. The number of anilines is 1. The lowest BCUT2D eigenvalue weighted by Crippen LogP contribution is -2.24. The molecule has 0 aromatic carbocycles. The number of aromatic amines is 2. The molecule has 7 heteroatoms. The van der Waals surface area contributed by atoms with Gasteiger partial charge in [-0.3, -0.25) is 9.78 Å². The predicted octanol–water partition coefficient (Wildman–Crippen LogP) is 0.789. The molecule has 96 valence electrons. The molecule has 2 rings (SSSR count). The van der Waals surface area contributed by atoms with Gasteiger partial charge < -0.3 is 15.5 Å². The number of aromatic nitrogens is 3. The molecule has 18 heavy (non-hydrogen) atoms. The Bertz CT molecular complexity index is 663. The summed E-state index contributed by atoms with van der Waals surface area (Å²) in [6, 6.07) is 1.40. The second-order valence-electron chi connectivity index (χ2n) is 4.90. The molecular formula is C11H14N4O3. The molecule has 0 radical (unpaired) electrons. The molecule has 0 spiro atoms. The highest BCUT2D eigenvalue weighted by Gasteiger charge is 2.20. The minimum atomic E-state index is -0.604. The van der Waals surface area contributed by atoms with Gasteiger partial charge in [-0.15, -0.1) is 0 Å². The Morgan fingerprint density at radius 2 is 2.06 bits per heavy atom. The number of esters is 1. The molecule has 0 bridgehead atoms. The third-order valence-electron chi connectivity index (χ3n) is 2.13. The molecule has 4 N–H and O–H groups in total. The van der Waals surface area contributed by atoms with Crippen molar-refractivity contribution >= 4 is 23.0 Å². The summed E-state index contributed by atoms with van der Waals surface area (Å²) < 4.78 is 5.18. The van der Waals surface area contributed by atoms with Crippen LogP contribution in [0.2, 0.25) is 0 Å². The molecule has 0 amide bonds. The van der Waals surface area contributed by atoms with Gasteiger partial charge in [-0.25, -0.2) is 4.79 Å². The quantitative estimate of drug-likeness (QED) is 0.647. The number of carbonyl (C=O) groups excluding carboxylic acids is 1. The van der Waals surface area contributed by atoms with Gasteiger partial charge in [0.2, 0.25) is 5.95 Å². The van der Waals surface area contributed by atoms with Gasteiger partial charge in [-0.2, -0.15) is 4.98 Å². The largest absolute Gasteiger partial charge is 0.455 e. The molecule has 0 saturated carbocycles. The van der Waals surface area contributed by atoms with Crippen LogP contribution in [0.15, 0.2) is 10.9 Å². The van der Waals surface area contributed by atoms with Gasteiger partial charge in [-0.1, -0.05) is 0 Å². The fourth-order valence-electron chi connectivity index (χ4n) is 1.48. The molecule has 7 nitrogen and oxygen atoms in total. The highest BCUT2D eigenvalue weighted by molar-refractivity contribution is 5.93. The van der Waals surface area contributed by atoms with Crippen LogP contribution in [0.25, 0.3) is 11.0 Å². The van der Waals surface area contributed by atoms with E-state index in [1.54, 1.807) is 20.8 Å². The Labute approximate surface area is 102 Å². The zero-order valence-corrected chi connectivity index (χ0v) is 10.3. The minimum absolute atomic E-state index is 0.00918. The van der Waals surface area contributed by atoms with Crippen LogP contribution in [0, 0.1) is 0 Å². The zero-order chi connectivity index (χ0) is 13.5. The van der Waals surface area contributed by atoms with Crippen LogP contribution in [-0.2, 0) is 4.74 Å². The van der Waals surface area contributed by atoms with Crippen LogP contribution in [-0.4, -0.2) is 26.5 Å². The number of ether oxygens (including phenoxy) is 1. The first kappa shape index (κ1) is 12.2. The summed E-state index contributed by atoms with van der Waals surface area (Å²) >= 11 is 0. The van der Waals surface area contributed by atoms with E-state index in [1.807, 2.05) is 0 Å². The molecule has 2 aromatic rings. The van der Waals surface area contributed by atoms with Crippen molar-refractivity contribution in [3.63, 3.8) is 0 Å². The lowest BCUT2D eigenvalue weighted by atomic mass is 10.2. The predicted molar refractivity (Wildman–Crippen MR) is 66.3 cm³/mol. The Hall–Kier alpha value is -2.31. The fraction of sp³-hybridized carbons (Fsp3) is 0.364. The van der Waals surface area contributed by atoms with Gasteiger partial charge in [0.15, 0.2) is 0 Å². The maximum Gasteiger partial charge on any atom is 0.355 e. The lowest BCUT2D eigenvalue weighted by Gasteiger charge is -2.18. The van der Waals surface area contributed by atoms with Crippen molar-refractivity contribution in [2.75, 3.05) is 5.73 Å². The Morgan fingerprint density at radius 3 is 2.67 bits per heavy atom. The molecular weight excluding hydrogens is 236 g/mol. The number of carbonyl (C=O) groups is 1. The van der Waals surface area contributed by atoms with Gasteiger partial charge in [-0.05, 0) is 26.8 Å². The number of nitrogen functional groups attached to an aromatic ring is 1. The molecule has 0 atom stereocenters. The van der Waals surface area contributed by atoms with Gasteiger partial charge in [0.05, 0.1) is 5.39 Å². The second-order valence-corrected chi connectivity index (χ2v) is 4.90. The topological polar surface area (TPSA) is 114 Å². The number of hydrogen-bond donors (Lipinski definition) is 3. The number of fused-ring (bicyclic) bond motifs is 1. The summed E-state index contributed by atoms with van der Waals surface area (Å²) in [7, 11) is 0. The highest BCUT2D eigenvalue weighted by Crippen LogP contribution is 2.14. The van der Waals surface area contributed by atoms with E-state index < -0.39 is 17.1 Å². The number of hydrogen-bond acceptors (Lipinski definition) is 5. The average Bonchev–Trinajstić information content (AvgIpc) is 2.58. The molecule has 0 aliphatic rings. The van der Waals surface area contributed by atoms with Crippen LogP contribution >= 0.6 is 0 Å². The monoisotopic (exact) mass is 250 g/mol. The van der Waals surface area contributed by atoms with E-state index in [1.165, 1.54) is 6.07 Å². The van der Waals surface area contributed by atoms with Crippen LogP contribution in [0.1, 0.15) is 31.3 Å². The van der Waals surface area contributed by atoms with E-state index >= 15 is 0 Å². The zero-order valence-electron chi connectivity index (χ0n) is 10.3. The van der Waals surface area contributed by atoms with Crippen molar-refractivity contribution in [3.05, 3.63) is 22.1 Å². The Morgan fingerprint density at radius 1 is 1.39 bits per heavy atom. The molecule has 2 heterocycles. The molecule has 0 aliphatic heterocycles. The van der Waals surface area contributed by atoms with Crippen LogP contribution < -0.4 is 11.3 Å². The highest BCUT2D eigenvalue weighted by atomic mass is 16.6. The Balaban J connectivity index is 2.45. The maximum atomic E-state index is 11.8. The molecule has 2 aromatic heterocycles. The number of rotatable bonds is 1. The summed E-state index contributed by atoms with van der Waals surface area (Å²) in [5, 5.41) is 0.269. The summed E-state index contributed by atoms with van der Waals surface area (Å²) in [4.78, 5) is 32.3. The van der Waals surface area contributed by atoms with E-state index in [-0.39, 0.29) is 22.7 Å².